The maximum absolute atomic E-state index is 13.0. The Morgan fingerprint density at radius 1 is 0.606 bits per heavy atom. The number of pyridine rings is 1. The van der Waals surface area contributed by atoms with Crippen LogP contribution in [0.25, 0.3) is 33.2 Å². The van der Waals surface area contributed by atoms with E-state index in [2.05, 4.69) is 53.5 Å². The highest BCUT2D eigenvalue weighted by atomic mass is 19.4. The van der Waals surface area contributed by atoms with Crippen molar-refractivity contribution in [1.29, 1.82) is 0 Å². The summed E-state index contributed by atoms with van der Waals surface area (Å²) >= 11 is 0. The normalized spacial score (nSPS) is 11.0. The Kier molecular flexibility index (Phi) is 6.55. The summed E-state index contributed by atoms with van der Waals surface area (Å²) in [4.78, 5) is 4.05. The Balaban J connectivity index is 0.000000183. The summed E-state index contributed by atoms with van der Waals surface area (Å²) in [5.74, 6) is 0. The number of hydrogen-bond acceptors (Lipinski definition) is 1. The summed E-state index contributed by atoms with van der Waals surface area (Å²) in [6, 6.07) is 34.4. The Morgan fingerprint density at radius 2 is 1.18 bits per heavy atom. The number of benzene rings is 4. The molecule has 4 heteroatoms. The van der Waals surface area contributed by atoms with Gasteiger partial charge in [0.05, 0.1) is 11.1 Å². The van der Waals surface area contributed by atoms with E-state index < -0.39 is 11.7 Å². The van der Waals surface area contributed by atoms with Gasteiger partial charge in [0.1, 0.15) is 0 Å². The van der Waals surface area contributed by atoms with Gasteiger partial charge in [0, 0.05) is 17.1 Å². The van der Waals surface area contributed by atoms with Crippen LogP contribution in [0.3, 0.4) is 0 Å². The van der Waals surface area contributed by atoms with Crippen molar-refractivity contribution in [2.75, 3.05) is 0 Å². The van der Waals surface area contributed by atoms with Gasteiger partial charge in [-0.25, -0.2) is 0 Å². The van der Waals surface area contributed by atoms with Gasteiger partial charge in [-0.2, -0.15) is 13.2 Å². The first-order valence-corrected chi connectivity index (χ1v) is 10.6. The molecule has 164 valence electrons. The van der Waals surface area contributed by atoms with Crippen LogP contribution in [-0.2, 0) is 6.18 Å². The van der Waals surface area contributed by atoms with E-state index in [0.717, 1.165) is 22.8 Å². The van der Waals surface area contributed by atoms with Gasteiger partial charge in [0.2, 0.25) is 0 Å². The fourth-order valence-corrected chi connectivity index (χ4v) is 3.69. The van der Waals surface area contributed by atoms with E-state index in [1.54, 1.807) is 12.1 Å². The molecule has 1 aromatic heterocycles. The van der Waals surface area contributed by atoms with E-state index in [1.807, 2.05) is 43.3 Å². The Morgan fingerprint density at radius 3 is 1.76 bits per heavy atom. The number of para-hydroxylation sites is 1. The van der Waals surface area contributed by atoms with Crippen LogP contribution in [0.2, 0.25) is 0 Å². The van der Waals surface area contributed by atoms with Crippen molar-refractivity contribution in [2.24, 2.45) is 0 Å². The van der Waals surface area contributed by atoms with Crippen LogP contribution in [0.1, 0.15) is 11.1 Å². The molecule has 0 saturated heterocycles. The summed E-state index contributed by atoms with van der Waals surface area (Å²) in [6.07, 6.45) is -2.89. The highest BCUT2D eigenvalue weighted by Gasteiger charge is 2.33. The molecule has 0 aliphatic carbocycles. The number of aryl methyl sites for hydroxylation is 1. The van der Waals surface area contributed by atoms with Gasteiger partial charge in [0.15, 0.2) is 0 Å². The largest absolute Gasteiger partial charge is 0.418 e. The van der Waals surface area contributed by atoms with Crippen LogP contribution in [0.5, 0.6) is 0 Å². The van der Waals surface area contributed by atoms with Gasteiger partial charge in [-0.05, 0) is 41.3 Å². The number of aromatic nitrogens is 1. The molecule has 1 nitrogen and oxygen atoms in total. The number of nitrogens with zero attached hydrogens (tertiary/aromatic N) is 1. The van der Waals surface area contributed by atoms with Crippen LogP contribution in [-0.4, -0.2) is 4.98 Å². The minimum atomic E-state index is -4.39. The van der Waals surface area contributed by atoms with Crippen molar-refractivity contribution in [3.05, 3.63) is 127 Å². The molecule has 0 amide bonds. The topological polar surface area (TPSA) is 12.9 Å². The van der Waals surface area contributed by atoms with E-state index in [4.69, 9.17) is 0 Å². The summed E-state index contributed by atoms with van der Waals surface area (Å²) in [6.45, 7) is 1.96. The minimum absolute atomic E-state index is 0.0117. The molecule has 5 aromatic rings. The Bertz CT molecular complexity index is 1310. The lowest BCUT2D eigenvalue weighted by atomic mass is 10.00. The van der Waals surface area contributed by atoms with Crippen molar-refractivity contribution >= 4 is 10.9 Å². The van der Waals surface area contributed by atoms with Crippen LogP contribution >= 0.6 is 0 Å². The van der Waals surface area contributed by atoms with Gasteiger partial charge < -0.3 is 0 Å². The second kappa shape index (κ2) is 9.70. The van der Waals surface area contributed by atoms with Gasteiger partial charge in [-0.1, -0.05) is 97.1 Å². The first kappa shape index (κ1) is 22.3. The quantitative estimate of drug-likeness (QED) is 0.267. The van der Waals surface area contributed by atoms with Crippen molar-refractivity contribution in [3.8, 4) is 22.3 Å². The molecule has 0 saturated carbocycles. The second-order valence-corrected chi connectivity index (χ2v) is 7.65. The maximum atomic E-state index is 13.0. The fraction of sp³-hybridized carbons (Fsp3) is 0.0690. The van der Waals surface area contributed by atoms with E-state index in [1.165, 1.54) is 23.4 Å². The zero-order valence-corrected chi connectivity index (χ0v) is 18.1. The molecule has 0 bridgehead atoms. The maximum Gasteiger partial charge on any atom is 0.418 e. The van der Waals surface area contributed by atoms with Gasteiger partial charge in [-0.15, -0.1) is 0 Å². The second-order valence-electron chi connectivity index (χ2n) is 7.65. The molecule has 33 heavy (non-hydrogen) atoms. The summed E-state index contributed by atoms with van der Waals surface area (Å²) < 4.78 is 38.9. The number of rotatable bonds is 2. The molecule has 5 rings (SSSR count). The monoisotopic (exact) mass is 441 g/mol. The zero-order chi connectivity index (χ0) is 23.3. The molecule has 0 atom stereocenters. The summed E-state index contributed by atoms with van der Waals surface area (Å²) in [7, 11) is 0. The van der Waals surface area contributed by atoms with Crippen molar-refractivity contribution in [1.82, 2.24) is 4.98 Å². The number of alkyl halides is 3. The molecule has 0 unspecified atom stereocenters. The first-order valence-electron chi connectivity index (χ1n) is 10.6. The molecule has 0 N–H and O–H groups in total. The third kappa shape index (κ3) is 5.29. The van der Waals surface area contributed by atoms with Crippen molar-refractivity contribution in [2.45, 2.75) is 13.1 Å². The Labute approximate surface area is 191 Å². The lowest BCUT2D eigenvalue weighted by Crippen LogP contribution is -2.06. The summed E-state index contributed by atoms with van der Waals surface area (Å²) in [5, 5.41) is 0.491. The fourth-order valence-electron chi connectivity index (χ4n) is 3.69. The van der Waals surface area contributed by atoms with Crippen LogP contribution < -0.4 is 0 Å². The standard InChI is InChI=1S/C17H12F3N.C12H10/c1-11-5-2-3-7-14(11)13-9-12-6-4-8-15(17(18,19)20)16(12)21-10-13;1-3-7-11(8-4-1)12-9-5-2-6-10-12/h2-10H,1H3;1-10H. The third-order valence-corrected chi connectivity index (χ3v) is 5.35. The van der Waals surface area contributed by atoms with Gasteiger partial charge in [-0.3, -0.25) is 4.98 Å². The molecule has 0 aliphatic heterocycles. The molecule has 0 fully saturated rings. The van der Waals surface area contributed by atoms with Crippen molar-refractivity contribution < 1.29 is 13.2 Å². The van der Waals surface area contributed by atoms with Gasteiger partial charge in [0.25, 0.3) is 0 Å². The Hall–Kier alpha value is -3.92. The lowest BCUT2D eigenvalue weighted by Gasteiger charge is -2.11. The van der Waals surface area contributed by atoms with Crippen LogP contribution in [0, 0.1) is 6.92 Å². The SMILES string of the molecule is Cc1ccccc1-c1cnc2c(C(F)(F)F)cccc2c1.c1ccc(-c2ccccc2)cc1. The number of fused-ring (bicyclic) bond motifs is 1. The van der Waals surface area contributed by atoms with Gasteiger partial charge >= 0.3 is 6.18 Å². The highest BCUT2D eigenvalue weighted by Crippen LogP contribution is 2.35. The lowest BCUT2D eigenvalue weighted by molar-refractivity contribution is -0.136. The molecule has 4 aromatic carbocycles. The zero-order valence-electron chi connectivity index (χ0n) is 18.1. The van der Waals surface area contributed by atoms with E-state index in [-0.39, 0.29) is 5.52 Å². The molecule has 0 aliphatic rings. The number of halogens is 3. The van der Waals surface area contributed by atoms with Crippen LogP contribution in [0.15, 0.2) is 115 Å². The predicted octanol–water partition coefficient (Wildman–Crippen LogP) is 8.58. The number of hydrogen-bond donors (Lipinski definition) is 0. The molecule has 0 spiro atoms. The van der Waals surface area contributed by atoms with E-state index in [9.17, 15) is 13.2 Å². The first-order chi connectivity index (χ1) is 15.9. The average molecular weight is 441 g/mol. The highest BCUT2D eigenvalue weighted by molar-refractivity contribution is 5.86. The molecular formula is C29H22F3N. The predicted molar refractivity (Wildman–Crippen MR) is 129 cm³/mol. The third-order valence-electron chi connectivity index (χ3n) is 5.35. The molecular weight excluding hydrogens is 419 g/mol. The smallest absolute Gasteiger partial charge is 0.255 e. The molecule has 1 heterocycles. The molecule has 0 radical (unpaired) electrons. The summed E-state index contributed by atoms with van der Waals surface area (Å²) in [5.41, 5.74) is 4.70. The van der Waals surface area contributed by atoms with E-state index in [0.29, 0.717) is 5.39 Å². The minimum Gasteiger partial charge on any atom is -0.255 e. The average Bonchev–Trinajstić information content (AvgIpc) is 2.84. The van der Waals surface area contributed by atoms with Crippen LogP contribution in [0.4, 0.5) is 13.2 Å². The van der Waals surface area contributed by atoms with E-state index >= 15 is 0 Å². The van der Waals surface area contributed by atoms with Crippen molar-refractivity contribution in [3.63, 3.8) is 0 Å².